The number of hydrogen-bond donors (Lipinski definition) is 3. The van der Waals surface area contributed by atoms with Crippen LogP contribution in [-0.4, -0.2) is 43.4 Å². The van der Waals surface area contributed by atoms with Gasteiger partial charge in [-0.05, 0) is 120 Å². The third-order valence-electron chi connectivity index (χ3n) is 14.4. The van der Waals surface area contributed by atoms with Gasteiger partial charge in [0.2, 0.25) is 0 Å². The summed E-state index contributed by atoms with van der Waals surface area (Å²) in [5.74, 6) is 2.73. The lowest BCUT2D eigenvalue weighted by Crippen LogP contribution is -2.68. The van der Waals surface area contributed by atoms with Gasteiger partial charge < -0.3 is 20.4 Å². The summed E-state index contributed by atoms with van der Waals surface area (Å²) in [7, 11) is -2.60. The van der Waals surface area contributed by atoms with Crippen molar-refractivity contribution in [2.75, 3.05) is 6.61 Å². The van der Waals surface area contributed by atoms with Gasteiger partial charge >= 0.3 is 0 Å². The molecule has 2 aromatic rings. The second-order valence-electron chi connectivity index (χ2n) is 18.2. The minimum atomic E-state index is -2.60. The van der Waals surface area contributed by atoms with Crippen LogP contribution in [0.25, 0.3) is 0 Å². The Morgan fingerprint density at radius 3 is 2.12 bits per heavy atom. The minimum absolute atomic E-state index is 0.0180. The van der Waals surface area contributed by atoms with E-state index in [0.29, 0.717) is 23.7 Å². The van der Waals surface area contributed by atoms with Crippen LogP contribution in [0.4, 0.5) is 0 Å². The quantitative estimate of drug-likeness (QED) is 0.178. The molecule has 264 valence electrons. The number of fused-ring (bicyclic) bond motifs is 5. The number of hydrogen-bond acceptors (Lipinski definition) is 4. The Morgan fingerprint density at radius 1 is 0.917 bits per heavy atom. The fraction of sp³-hybridized carbons (Fsp3) is 0.674. The standard InChI is InChI=1S/C43H65NO3Si/c1-29(28-45)18-21-39(46)30(2)40-38(44)27-37-35-20-19-31-26-32(22-24-42(31,6)36(35)23-25-43(37,40)7)47-48(41(3,4)5,33-14-10-8-11-15-33)34-16-12-9-13-17-34/h8-17,19,29-30,32,35-40,45-46H,18,20-28,44H2,1-7H3/t29-,30+,32-,35+,36-,37-,38-,39+,40-,42-,43-/m0/s1. The molecule has 4 aliphatic carbocycles. The molecule has 11 atom stereocenters. The molecule has 4 aliphatic rings. The van der Waals surface area contributed by atoms with E-state index >= 15 is 0 Å². The zero-order valence-corrected chi connectivity index (χ0v) is 32.0. The first-order chi connectivity index (χ1) is 22.8. The summed E-state index contributed by atoms with van der Waals surface area (Å²) in [5.41, 5.74) is 9.12. The zero-order valence-electron chi connectivity index (χ0n) is 31.0. The van der Waals surface area contributed by atoms with Gasteiger partial charge in [-0.3, -0.25) is 0 Å². The van der Waals surface area contributed by atoms with Gasteiger partial charge in [0.15, 0.2) is 0 Å². The molecule has 0 spiro atoms. The molecule has 0 radical (unpaired) electrons. The monoisotopic (exact) mass is 671 g/mol. The van der Waals surface area contributed by atoms with Gasteiger partial charge in [0, 0.05) is 18.8 Å². The van der Waals surface area contributed by atoms with Crippen LogP contribution in [0.3, 0.4) is 0 Å². The third-order valence-corrected chi connectivity index (χ3v) is 19.5. The summed E-state index contributed by atoms with van der Waals surface area (Å²) in [6.45, 7) is 16.8. The van der Waals surface area contributed by atoms with E-state index in [9.17, 15) is 10.2 Å². The SMILES string of the molecule is C[C@H](CO)CC[C@@H](O)[C@@H](C)[C@H]1[C@@H](N)C[C@H]2[C@@H]3CC=C4C[C@@H](O[Si](c5ccccc5)(c5ccccc5)C(C)(C)C)CC[C@]4(C)[C@H]3CC[C@]12C. The van der Waals surface area contributed by atoms with E-state index in [1.54, 1.807) is 5.57 Å². The maximum atomic E-state index is 11.3. The summed E-state index contributed by atoms with van der Waals surface area (Å²) >= 11 is 0. The van der Waals surface area contributed by atoms with Gasteiger partial charge in [0.25, 0.3) is 8.32 Å². The summed E-state index contributed by atoms with van der Waals surface area (Å²) in [6, 6.07) is 22.4. The van der Waals surface area contributed by atoms with E-state index in [1.807, 2.05) is 0 Å². The highest BCUT2D eigenvalue weighted by atomic mass is 28.4. The van der Waals surface area contributed by atoms with E-state index in [4.69, 9.17) is 10.2 Å². The van der Waals surface area contributed by atoms with Gasteiger partial charge in [0.05, 0.1) is 6.10 Å². The topological polar surface area (TPSA) is 75.7 Å². The highest BCUT2D eigenvalue weighted by Crippen LogP contribution is 2.67. The van der Waals surface area contributed by atoms with E-state index in [0.717, 1.165) is 38.5 Å². The van der Waals surface area contributed by atoms with Crippen LogP contribution in [0.2, 0.25) is 5.04 Å². The smallest absolute Gasteiger partial charge is 0.261 e. The molecule has 0 saturated heterocycles. The van der Waals surface area contributed by atoms with Crippen molar-refractivity contribution in [2.24, 2.45) is 52.1 Å². The Bertz CT molecular complexity index is 1370. The number of allylic oxidation sites excluding steroid dienone is 1. The lowest BCUT2D eigenvalue weighted by atomic mass is 9.47. The first-order valence-corrected chi connectivity index (χ1v) is 21.2. The number of nitrogens with two attached hydrogens (primary N) is 1. The zero-order chi connectivity index (χ0) is 34.5. The summed E-state index contributed by atoms with van der Waals surface area (Å²) < 4.78 is 7.69. The Morgan fingerprint density at radius 2 is 1.54 bits per heavy atom. The van der Waals surface area contributed by atoms with Crippen molar-refractivity contribution in [1.29, 1.82) is 0 Å². The first kappa shape index (κ1) is 36.0. The van der Waals surface area contributed by atoms with Gasteiger partial charge in [-0.2, -0.15) is 0 Å². The van der Waals surface area contributed by atoms with Crippen molar-refractivity contribution in [3.63, 3.8) is 0 Å². The molecule has 3 fully saturated rings. The maximum Gasteiger partial charge on any atom is 0.261 e. The van der Waals surface area contributed by atoms with Crippen molar-refractivity contribution < 1.29 is 14.6 Å². The first-order valence-electron chi connectivity index (χ1n) is 19.3. The van der Waals surface area contributed by atoms with Crippen LogP contribution >= 0.6 is 0 Å². The van der Waals surface area contributed by atoms with E-state index in [2.05, 4.69) is 115 Å². The summed E-state index contributed by atoms with van der Waals surface area (Å²) in [4.78, 5) is 0. The maximum absolute atomic E-state index is 11.3. The van der Waals surface area contributed by atoms with E-state index in [-0.39, 0.29) is 52.6 Å². The molecule has 2 aromatic carbocycles. The van der Waals surface area contributed by atoms with Crippen LogP contribution in [0.5, 0.6) is 0 Å². The molecular weight excluding hydrogens is 607 g/mol. The van der Waals surface area contributed by atoms with Crippen LogP contribution in [0.15, 0.2) is 72.3 Å². The Kier molecular flexibility index (Phi) is 10.3. The van der Waals surface area contributed by atoms with Crippen LogP contribution in [0, 0.1) is 46.3 Å². The minimum Gasteiger partial charge on any atom is -0.404 e. The van der Waals surface area contributed by atoms with Gasteiger partial charge in [0.1, 0.15) is 0 Å². The van der Waals surface area contributed by atoms with Gasteiger partial charge in [-0.15, -0.1) is 0 Å². The van der Waals surface area contributed by atoms with Crippen LogP contribution < -0.4 is 16.1 Å². The lowest BCUT2D eigenvalue weighted by Gasteiger charge is -2.59. The Balaban J connectivity index is 1.24. The molecule has 0 aromatic heterocycles. The molecule has 4 nitrogen and oxygen atoms in total. The largest absolute Gasteiger partial charge is 0.404 e. The molecule has 0 bridgehead atoms. The van der Waals surface area contributed by atoms with E-state index < -0.39 is 8.32 Å². The molecule has 3 saturated carbocycles. The molecule has 4 N–H and O–H groups in total. The predicted molar refractivity (Wildman–Crippen MR) is 202 cm³/mol. The molecule has 0 aliphatic heterocycles. The number of rotatable bonds is 10. The molecule has 5 heteroatoms. The third kappa shape index (κ3) is 6.12. The average molecular weight is 672 g/mol. The number of aliphatic hydroxyl groups excluding tert-OH is 2. The number of benzene rings is 2. The average Bonchev–Trinajstić information content (AvgIpc) is 3.35. The van der Waals surface area contributed by atoms with E-state index in [1.165, 1.54) is 29.6 Å². The van der Waals surface area contributed by atoms with Crippen molar-refractivity contribution in [1.82, 2.24) is 0 Å². The van der Waals surface area contributed by atoms with Crippen molar-refractivity contribution in [3.8, 4) is 0 Å². The predicted octanol–water partition coefficient (Wildman–Crippen LogP) is 7.85. The van der Waals surface area contributed by atoms with Gasteiger partial charge in [-0.25, -0.2) is 0 Å². The highest BCUT2D eigenvalue weighted by Gasteiger charge is 2.62. The van der Waals surface area contributed by atoms with Crippen molar-refractivity contribution >= 4 is 18.7 Å². The Hall–Kier alpha value is -1.76. The molecule has 48 heavy (non-hydrogen) atoms. The molecule has 0 unspecified atom stereocenters. The summed E-state index contributed by atoms with van der Waals surface area (Å²) in [5, 5.41) is 23.6. The normalized spacial score (nSPS) is 35.5. The molecule has 0 amide bonds. The molecular formula is C43H65NO3Si. The second-order valence-corrected chi connectivity index (χ2v) is 22.4. The fourth-order valence-electron chi connectivity index (χ4n) is 11.8. The fourth-order valence-corrected chi connectivity index (χ4v) is 16.6. The molecule has 0 heterocycles. The highest BCUT2D eigenvalue weighted by molar-refractivity contribution is 6.99. The summed E-state index contributed by atoms with van der Waals surface area (Å²) in [6.07, 6.45) is 12.2. The lowest BCUT2D eigenvalue weighted by molar-refractivity contribution is -0.0685. The van der Waals surface area contributed by atoms with Crippen molar-refractivity contribution in [2.45, 2.75) is 130 Å². The van der Waals surface area contributed by atoms with Crippen LogP contribution in [-0.2, 0) is 4.43 Å². The van der Waals surface area contributed by atoms with Gasteiger partial charge in [-0.1, -0.05) is 121 Å². The Labute approximate surface area is 293 Å². The van der Waals surface area contributed by atoms with Crippen molar-refractivity contribution in [3.05, 3.63) is 72.3 Å². The number of aliphatic hydroxyl groups is 2. The van der Waals surface area contributed by atoms with Crippen LogP contribution in [0.1, 0.15) is 106 Å². The second kappa shape index (κ2) is 13.8. The molecule has 6 rings (SSSR count).